The molecule has 0 fully saturated rings. The number of hydrogen-bond acceptors (Lipinski definition) is 7. The molecule has 2 rings (SSSR count). The van der Waals surface area contributed by atoms with Crippen molar-refractivity contribution in [1.29, 1.82) is 0 Å². The van der Waals surface area contributed by atoms with Crippen molar-refractivity contribution < 1.29 is 14.4 Å². The van der Waals surface area contributed by atoms with Crippen LogP contribution in [0, 0.1) is 0 Å². The zero-order valence-electron chi connectivity index (χ0n) is 20.5. The molecule has 0 radical (unpaired) electrons. The fourth-order valence-corrected chi connectivity index (χ4v) is 3.46. The summed E-state index contributed by atoms with van der Waals surface area (Å²) in [6.45, 7) is 1.37. The van der Waals surface area contributed by atoms with Gasteiger partial charge in [0.2, 0.25) is 23.7 Å². The van der Waals surface area contributed by atoms with Crippen molar-refractivity contribution in [3.8, 4) is 11.1 Å². The lowest BCUT2D eigenvalue weighted by Crippen LogP contribution is -2.48. The molecule has 2 aromatic carbocycles. The number of benzene rings is 2. The highest BCUT2D eigenvalue weighted by molar-refractivity contribution is 5.98. The molecule has 9 N–H and O–H groups in total. The molecule has 0 saturated heterocycles. The third-order valence-electron chi connectivity index (χ3n) is 5.41. The Labute approximate surface area is 211 Å². The van der Waals surface area contributed by atoms with E-state index in [1.165, 1.54) is 0 Å². The molecule has 2 aromatic rings. The Morgan fingerprint density at radius 2 is 1.53 bits per heavy atom. The van der Waals surface area contributed by atoms with Crippen LogP contribution in [-0.4, -0.2) is 49.9 Å². The molecule has 0 aliphatic rings. The first-order chi connectivity index (χ1) is 17.5. The second kappa shape index (κ2) is 15.8. The van der Waals surface area contributed by atoms with Crippen LogP contribution < -0.4 is 38.4 Å². The highest BCUT2D eigenvalue weighted by atomic mass is 16.2. The first-order valence-electron chi connectivity index (χ1n) is 11.9. The van der Waals surface area contributed by atoms with Crippen molar-refractivity contribution in [3.05, 3.63) is 60.2 Å². The van der Waals surface area contributed by atoms with Crippen molar-refractivity contribution in [1.82, 2.24) is 26.7 Å². The maximum absolute atomic E-state index is 12.9. The van der Waals surface area contributed by atoms with Crippen LogP contribution in [0.25, 0.3) is 11.1 Å². The van der Waals surface area contributed by atoms with Gasteiger partial charge in [0.25, 0.3) is 0 Å². The first kappa shape index (κ1) is 28.3. The average molecular weight is 497 g/mol. The summed E-state index contributed by atoms with van der Waals surface area (Å²) in [5.41, 5.74) is 5.19. The predicted octanol–water partition coefficient (Wildman–Crippen LogP) is 0.0861. The summed E-state index contributed by atoms with van der Waals surface area (Å²) in [4.78, 5) is 37.4. The molecule has 0 spiro atoms. The van der Waals surface area contributed by atoms with Crippen molar-refractivity contribution in [2.24, 2.45) is 16.8 Å². The summed E-state index contributed by atoms with van der Waals surface area (Å²) in [6.07, 6.45) is 1.81. The topological polar surface area (TPSA) is 176 Å². The van der Waals surface area contributed by atoms with Crippen LogP contribution in [0.4, 0.5) is 0 Å². The van der Waals surface area contributed by atoms with Crippen LogP contribution in [0.2, 0.25) is 0 Å². The first-order valence-corrected chi connectivity index (χ1v) is 11.9. The summed E-state index contributed by atoms with van der Waals surface area (Å²) in [5, 5.41) is 14.3. The number of hydrazine groups is 1. The molecular formula is C25H36N8O3. The maximum atomic E-state index is 12.9. The molecule has 11 heteroatoms. The fraction of sp³-hybridized carbons (Fsp3) is 0.360. The van der Waals surface area contributed by atoms with Crippen LogP contribution in [0.1, 0.15) is 31.2 Å². The van der Waals surface area contributed by atoms with Crippen molar-refractivity contribution in [2.75, 3.05) is 20.1 Å². The van der Waals surface area contributed by atoms with Gasteiger partial charge >= 0.3 is 0 Å². The smallest absolute Gasteiger partial charge is 0.242 e. The molecule has 1 unspecified atom stereocenters. The van der Waals surface area contributed by atoms with Crippen LogP contribution in [0.5, 0.6) is 0 Å². The molecule has 0 aliphatic heterocycles. The predicted molar refractivity (Wildman–Crippen MR) is 140 cm³/mol. The largest absolute Gasteiger partial charge is 0.354 e. The highest BCUT2D eigenvalue weighted by Crippen LogP contribution is 2.19. The minimum Gasteiger partial charge on any atom is -0.354 e. The second-order valence-corrected chi connectivity index (χ2v) is 8.16. The number of carbonyl (C=O) groups excluding carboxylic acids is 3. The number of amides is 3. The molecule has 0 aromatic heterocycles. The Kier molecular flexibility index (Phi) is 12.4. The van der Waals surface area contributed by atoms with Gasteiger partial charge in [0.1, 0.15) is 6.04 Å². The van der Waals surface area contributed by atoms with E-state index in [1.54, 1.807) is 0 Å². The van der Waals surface area contributed by atoms with E-state index in [9.17, 15) is 14.4 Å². The van der Waals surface area contributed by atoms with E-state index in [1.807, 2.05) is 61.6 Å². The average Bonchev–Trinajstić information content (AvgIpc) is 2.90. The van der Waals surface area contributed by atoms with Crippen molar-refractivity contribution in [3.63, 3.8) is 0 Å². The van der Waals surface area contributed by atoms with Gasteiger partial charge in [0.15, 0.2) is 0 Å². The number of nitrogens with one attached hydrogen (secondary N) is 5. The molecule has 11 nitrogen and oxygen atoms in total. The van der Waals surface area contributed by atoms with E-state index in [0.717, 1.165) is 36.1 Å². The van der Waals surface area contributed by atoms with Crippen LogP contribution in [-0.2, 0) is 20.8 Å². The van der Waals surface area contributed by atoms with Gasteiger partial charge in [-0.3, -0.25) is 25.1 Å². The number of rotatable bonds is 13. The molecule has 0 aliphatic carbocycles. The Morgan fingerprint density at radius 1 is 0.889 bits per heavy atom. The van der Waals surface area contributed by atoms with Gasteiger partial charge in [-0.1, -0.05) is 54.6 Å². The maximum Gasteiger partial charge on any atom is 0.242 e. The van der Waals surface area contributed by atoms with Gasteiger partial charge in [0.05, 0.1) is 0 Å². The lowest BCUT2D eigenvalue weighted by Gasteiger charge is -2.19. The molecule has 0 saturated carbocycles. The van der Waals surface area contributed by atoms with E-state index >= 15 is 0 Å². The number of hydrogen-bond donors (Lipinski definition) is 7. The summed E-state index contributed by atoms with van der Waals surface area (Å²) in [6, 6.07) is 17.1. The number of guanidine groups is 1. The van der Waals surface area contributed by atoms with E-state index in [4.69, 9.17) is 11.7 Å². The summed E-state index contributed by atoms with van der Waals surface area (Å²) in [5.74, 6) is 8.94. The third-order valence-corrected chi connectivity index (χ3v) is 5.41. The van der Waals surface area contributed by atoms with Crippen molar-refractivity contribution >= 4 is 23.7 Å². The summed E-state index contributed by atoms with van der Waals surface area (Å²) in [7, 11) is 1.88. The minimum absolute atomic E-state index is 0.116. The molecule has 1 atom stereocenters. The number of hydrazone groups is 1. The summed E-state index contributed by atoms with van der Waals surface area (Å²) < 4.78 is 0. The second-order valence-electron chi connectivity index (χ2n) is 8.16. The molecule has 3 amide bonds. The highest BCUT2D eigenvalue weighted by Gasteiger charge is 2.21. The van der Waals surface area contributed by atoms with Gasteiger partial charge in [-0.25, -0.2) is 5.84 Å². The Morgan fingerprint density at radius 3 is 2.17 bits per heavy atom. The van der Waals surface area contributed by atoms with Gasteiger partial charge in [-0.05, 0) is 43.1 Å². The lowest BCUT2D eigenvalue weighted by atomic mass is 10.00. The van der Waals surface area contributed by atoms with Crippen LogP contribution in [0.3, 0.4) is 0 Å². The molecule has 194 valence electrons. The molecular weight excluding hydrogens is 460 g/mol. The monoisotopic (exact) mass is 496 g/mol. The SMILES string of the molecule is CNCCCCNC(=O)C(Cc1ccc(-c2ccccc2)cc1)NC(=O)CCC(=O)N/C(=N/N)NN. The zero-order chi connectivity index (χ0) is 26.2. The zero-order valence-corrected chi connectivity index (χ0v) is 20.5. The van der Waals surface area contributed by atoms with E-state index < -0.39 is 17.9 Å². The quantitative estimate of drug-likeness (QED) is 0.0675. The minimum atomic E-state index is -0.778. The van der Waals surface area contributed by atoms with Crippen molar-refractivity contribution in [2.45, 2.75) is 38.1 Å². The Hall–Kier alpha value is -3.96. The van der Waals surface area contributed by atoms with Gasteiger partial charge in [-0.2, -0.15) is 0 Å². The third kappa shape index (κ3) is 10.1. The summed E-state index contributed by atoms with van der Waals surface area (Å²) >= 11 is 0. The van der Waals surface area contributed by atoms with Gasteiger partial charge in [0, 0.05) is 25.8 Å². The molecule has 0 heterocycles. The Balaban J connectivity index is 2.00. The van der Waals surface area contributed by atoms with E-state index in [2.05, 4.69) is 31.8 Å². The molecule has 0 bridgehead atoms. The van der Waals surface area contributed by atoms with E-state index in [-0.39, 0.29) is 24.7 Å². The van der Waals surface area contributed by atoms with Gasteiger partial charge in [-0.15, -0.1) is 5.10 Å². The van der Waals surface area contributed by atoms with Gasteiger partial charge < -0.3 is 21.8 Å². The fourth-order valence-electron chi connectivity index (χ4n) is 3.46. The van der Waals surface area contributed by atoms with Crippen LogP contribution in [0.15, 0.2) is 59.7 Å². The van der Waals surface area contributed by atoms with Crippen LogP contribution >= 0.6 is 0 Å². The van der Waals surface area contributed by atoms with E-state index in [0.29, 0.717) is 13.0 Å². The normalized spacial score (nSPS) is 11.9. The molecule has 36 heavy (non-hydrogen) atoms. The number of unbranched alkanes of at least 4 members (excludes halogenated alkanes) is 1. The lowest BCUT2D eigenvalue weighted by molar-refractivity contribution is -0.130. The number of nitrogens with two attached hydrogens (primary N) is 2. The Bertz CT molecular complexity index is 996. The number of nitrogens with zero attached hydrogens (tertiary/aromatic N) is 1. The standard InChI is InChI=1S/C25H36N8O3/c1-28-15-5-6-16-29-24(36)21(30-22(34)13-14-23(35)31-25(32-26)33-27)17-18-9-11-20(12-10-18)19-7-3-2-4-8-19/h2-4,7-12,21,28H,5-6,13-17,26-27H2,1H3,(H,29,36)(H,30,34)(H2,31,32,33,35). The number of carbonyl (C=O) groups is 3.